The molecule has 2 aromatic heterocycles. The molecule has 0 amide bonds. The van der Waals surface area contributed by atoms with E-state index in [1.54, 1.807) is 32.2 Å². The van der Waals surface area contributed by atoms with Crippen molar-refractivity contribution in [2.75, 3.05) is 0 Å². The van der Waals surface area contributed by atoms with Crippen molar-refractivity contribution in [2.24, 2.45) is 7.05 Å². The van der Waals surface area contributed by atoms with Crippen LogP contribution in [0.1, 0.15) is 5.82 Å². The van der Waals surface area contributed by atoms with Gasteiger partial charge in [0.15, 0.2) is 5.65 Å². The summed E-state index contributed by atoms with van der Waals surface area (Å²) < 4.78 is 15.6. The van der Waals surface area contributed by atoms with Crippen LogP contribution in [0, 0.1) is 12.7 Å². The number of rotatable bonds is 1. The molecule has 3 aromatic rings. The van der Waals surface area contributed by atoms with E-state index in [0.717, 1.165) is 0 Å². The highest BCUT2D eigenvalue weighted by Gasteiger charge is 2.15. The van der Waals surface area contributed by atoms with Crippen LogP contribution in [0.3, 0.4) is 0 Å². The number of hydrogen-bond donors (Lipinski definition) is 0. The summed E-state index contributed by atoms with van der Waals surface area (Å²) >= 11 is 5.77. The van der Waals surface area contributed by atoms with Gasteiger partial charge in [0.05, 0.1) is 5.39 Å². The molecule has 1 aromatic carbocycles. The van der Waals surface area contributed by atoms with Crippen LogP contribution in [0.2, 0.25) is 5.02 Å². The second-order valence-electron chi connectivity index (χ2n) is 4.70. The van der Waals surface area contributed by atoms with E-state index in [0.29, 0.717) is 33.0 Å². The van der Waals surface area contributed by atoms with Gasteiger partial charge in [-0.25, -0.2) is 14.4 Å². The number of halogens is 2. The van der Waals surface area contributed by atoms with Crippen LogP contribution in [0.4, 0.5) is 4.39 Å². The lowest BCUT2D eigenvalue weighted by Gasteiger charge is -2.09. The third-order valence-corrected chi connectivity index (χ3v) is 3.66. The van der Waals surface area contributed by atoms with E-state index >= 15 is 0 Å². The number of aromatic nitrogens is 3. The molecule has 0 spiro atoms. The number of fused-ring (bicyclic) bond motifs is 1. The van der Waals surface area contributed by atoms with Gasteiger partial charge in [-0.1, -0.05) is 11.6 Å². The van der Waals surface area contributed by atoms with E-state index < -0.39 is 5.82 Å². The predicted molar refractivity (Wildman–Crippen MR) is 79.9 cm³/mol. The van der Waals surface area contributed by atoms with Gasteiger partial charge in [0.2, 0.25) is 0 Å². The van der Waals surface area contributed by atoms with Gasteiger partial charge in [0, 0.05) is 29.4 Å². The summed E-state index contributed by atoms with van der Waals surface area (Å²) in [6.07, 6.45) is 1.51. The normalized spacial score (nSPS) is 11.0. The summed E-state index contributed by atoms with van der Waals surface area (Å²) in [4.78, 5) is 20.8. The standard InChI is InChI=1S/C15H11ClFN3O/c1-8-19-14-13(15(21)20(8)2)11(5-6-18-14)10-4-3-9(16)7-12(10)17/h3-7H,1-2H3. The molecule has 0 aliphatic rings. The summed E-state index contributed by atoms with van der Waals surface area (Å²) in [5.74, 6) is 0.0614. The molecule has 0 atom stereocenters. The Balaban J connectivity index is 2.44. The number of aryl methyl sites for hydroxylation is 1. The zero-order valence-electron chi connectivity index (χ0n) is 11.4. The zero-order chi connectivity index (χ0) is 15.1. The fourth-order valence-corrected chi connectivity index (χ4v) is 2.38. The predicted octanol–water partition coefficient (Wildman–Crippen LogP) is 3.10. The molecule has 3 rings (SSSR count). The molecule has 4 nitrogen and oxygen atoms in total. The number of benzene rings is 1. The monoisotopic (exact) mass is 303 g/mol. The molecule has 0 saturated carbocycles. The molecule has 21 heavy (non-hydrogen) atoms. The van der Waals surface area contributed by atoms with Crippen LogP contribution in [0.15, 0.2) is 35.3 Å². The molecule has 0 aliphatic carbocycles. The SMILES string of the molecule is Cc1nc2nccc(-c3ccc(Cl)cc3F)c2c(=O)n1C. The quantitative estimate of drug-likeness (QED) is 0.694. The van der Waals surface area contributed by atoms with Crippen LogP contribution in [-0.2, 0) is 7.05 Å². The lowest BCUT2D eigenvalue weighted by Crippen LogP contribution is -2.21. The number of pyridine rings is 1. The molecule has 0 aliphatic heterocycles. The Morgan fingerprint density at radius 2 is 2.00 bits per heavy atom. The third kappa shape index (κ3) is 2.19. The molecule has 0 bridgehead atoms. The first-order valence-corrected chi connectivity index (χ1v) is 6.64. The van der Waals surface area contributed by atoms with Crippen LogP contribution in [-0.4, -0.2) is 14.5 Å². The topological polar surface area (TPSA) is 47.8 Å². The Bertz CT molecular complexity index is 921. The van der Waals surface area contributed by atoms with E-state index in [-0.39, 0.29) is 5.56 Å². The van der Waals surface area contributed by atoms with Gasteiger partial charge in [0.25, 0.3) is 5.56 Å². The first kappa shape index (κ1) is 13.7. The molecule has 0 unspecified atom stereocenters. The molecule has 0 saturated heterocycles. The molecule has 6 heteroatoms. The number of nitrogens with zero attached hydrogens (tertiary/aromatic N) is 3. The Hall–Kier alpha value is -2.27. The third-order valence-electron chi connectivity index (χ3n) is 3.42. The molecular formula is C15H11ClFN3O. The largest absolute Gasteiger partial charge is 0.299 e. The van der Waals surface area contributed by atoms with Crippen molar-refractivity contribution in [1.29, 1.82) is 0 Å². The van der Waals surface area contributed by atoms with Gasteiger partial charge < -0.3 is 0 Å². The second kappa shape index (κ2) is 4.93. The van der Waals surface area contributed by atoms with Gasteiger partial charge in [-0.15, -0.1) is 0 Å². The van der Waals surface area contributed by atoms with Crippen LogP contribution in [0.5, 0.6) is 0 Å². The summed E-state index contributed by atoms with van der Waals surface area (Å²) in [6, 6.07) is 5.95. The van der Waals surface area contributed by atoms with Crippen LogP contribution >= 0.6 is 11.6 Å². The molecule has 0 radical (unpaired) electrons. The zero-order valence-corrected chi connectivity index (χ0v) is 12.1. The van der Waals surface area contributed by atoms with Gasteiger partial charge in [-0.2, -0.15) is 0 Å². The lowest BCUT2D eigenvalue weighted by molar-refractivity contribution is 0.631. The molecule has 106 valence electrons. The smallest absolute Gasteiger partial charge is 0.263 e. The van der Waals surface area contributed by atoms with Crippen molar-refractivity contribution in [3.8, 4) is 11.1 Å². The van der Waals surface area contributed by atoms with Crippen molar-refractivity contribution >= 4 is 22.6 Å². The minimum absolute atomic E-state index is 0.255. The van der Waals surface area contributed by atoms with Crippen LogP contribution < -0.4 is 5.56 Å². The summed E-state index contributed by atoms with van der Waals surface area (Å²) in [5, 5.41) is 0.600. The minimum atomic E-state index is -0.488. The fourth-order valence-electron chi connectivity index (χ4n) is 2.22. The fraction of sp³-hybridized carbons (Fsp3) is 0.133. The van der Waals surface area contributed by atoms with Crippen molar-refractivity contribution in [3.05, 3.63) is 57.5 Å². The van der Waals surface area contributed by atoms with E-state index in [9.17, 15) is 9.18 Å². The van der Waals surface area contributed by atoms with Crippen LogP contribution in [0.25, 0.3) is 22.2 Å². The lowest BCUT2D eigenvalue weighted by atomic mass is 10.0. The highest BCUT2D eigenvalue weighted by Crippen LogP contribution is 2.28. The maximum Gasteiger partial charge on any atom is 0.263 e. The second-order valence-corrected chi connectivity index (χ2v) is 5.14. The van der Waals surface area contributed by atoms with Crippen molar-refractivity contribution < 1.29 is 4.39 Å². The number of hydrogen-bond acceptors (Lipinski definition) is 3. The Kier molecular flexibility index (Phi) is 3.22. The highest BCUT2D eigenvalue weighted by molar-refractivity contribution is 6.30. The molecular weight excluding hydrogens is 293 g/mol. The van der Waals surface area contributed by atoms with Crippen molar-refractivity contribution in [1.82, 2.24) is 14.5 Å². The van der Waals surface area contributed by atoms with Gasteiger partial charge in [0.1, 0.15) is 11.6 Å². The summed E-state index contributed by atoms with van der Waals surface area (Å²) in [7, 11) is 1.62. The average Bonchev–Trinajstić information content (AvgIpc) is 2.44. The Morgan fingerprint density at radius 1 is 1.24 bits per heavy atom. The summed E-state index contributed by atoms with van der Waals surface area (Å²) in [5.41, 5.74) is 0.814. The Morgan fingerprint density at radius 3 is 2.71 bits per heavy atom. The minimum Gasteiger partial charge on any atom is -0.299 e. The molecule has 0 N–H and O–H groups in total. The van der Waals surface area contributed by atoms with E-state index in [1.807, 2.05) is 0 Å². The van der Waals surface area contributed by atoms with E-state index in [4.69, 9.17) is 11.6 Å². The highest BCUT2D eigenvalue weighted by atomic mass is 35.5. The molecule has 0 fully saturated rings. The summed E-state index contributed by atoms with van der Waals surface area (Å²) in [6.45, 7) is 1.72. The van der Waals surface area contributed by atoms with Gasteiger partial charge >= 0.3 is 0 Å². The van der Waals surface area contributed by atoms with E-state index in [2.05, 4.69) is 9.97 Å². The first-order valence-electron chi connectivity index (χ1n) is 6.27. The average molecular weight is 304 g/mol. The maximum absolute atomic E-state index is 14.1. The van der Waals surface area contributed by atoms with Gasteiger partial charge in [-0.3, -0.25) is 9.36 Å². The maximum atomic E-state index is 14.1. The van der Waals surface area contributed by atoms with Crippen molar-refractivity contribution in [2.45, 2.75) is 6.92 Å². The van der Waals surface area contributed by atoms with Crippen molar-refractivity contribution in [3.63, 3.8) is 0 Å². The van der Waals surface area contributed by atoms with E-state index in [1.165, 1.54) is 16.8 Å². The first-order chi connectivity index (χ1) is 9.99. The molecule has 2 heterocycles. The Labute approximate surface area is 124 Å². The van der Waals surface area contributed by atoms with Gasteiger partial charge in [-0.05, 0) is 31.2 Å².